The quantitative estimate of drug-likeness (QED) is 0.827. The molecule has 1 aromatic carbocycles. The van der Waals surface area contributed by atoms with Crippen molar-refractivity contribution in [1.29, 1.82) is 0 Å². The monoisotopic (exact) mass is 288 g/mol. The van der Waals surface area contributed by atoms with Crippen LogP contribution in [0.15, 0.2) is 18.2 Å². The summed E-state index contributed by atoms with van der Waals surface area (Å²) in [4.78, 5) is 12.4. The molecule has 1 aliphatic heterocycles. The number of amides is 1. The van der Waals surface area contributed by atoms with Crippen LogP contribution in [-0.2, 0) is 9.53 Å². The highest BCUT2D eigenvalue weighted by Crippen LogP contribution is 2.30. The van der Waals surface area contributed by atoms with E-state index in [1.54, 1.807) is 26.2 Å². The Morgan fingerprint density at radius 1 is 1.57 bits per heavy atom. The molecule has 21 heavy (non-hydrogen) atoms. The molecule has 5 heteroatoms. The third-order valence-electron chi connectivity index (χ3n) is 3.48. The first-order chi connectivity index (χ1) is 10.1. The van der Waals surface area contributed by atoms with Crippen LogP contribution in [0.2, 0.25) is 0 Å². The molecule has 2 rings (SSSR count). The number of benzene rings is 1. The number of carbonyl (C=O) groups excluding carboxylic acids is 1. The van der Waals surface area contributed by atoms with Crippen LogP contribution in [0.3, 0.4) is 0 Å². The van der Waals surface area contributed by atoms with E-state index in [0.29, 0.717) is 31.0 Å². The fraction of sp³-hybridized carbons (Fsp3) is 0.438. The van der Waals surface area contributed by atoms with E-state index in [4.69, 9.17) is 15.2 Å². The van der Waals surface area contributed by atoms with Gasteiger partial charge in [0, 0.05) is 12.2 Å². The Balaban J connectivity index is 2.22. The van der Waals surface area contributed by atoms with Crippen molar-refractivity contribution < 1.29 is 14.3 Å². The van der Waals surface area contributed by atoms with Gasteiger partial charge in [0.2, 0.25) is 0 Å². The number of hydrogen-bond donors (Lipinski definition) is 2. The molecule has 1 unspecified atom stereocenters. The summed E-state index contributed by atoms with van der Waals surface area (Å²) in [6.07, 6.45) is 1.61. The SMILES string of the molecule is COc1ccc(C#CCN)cc1NC(=O)C1(C)CCCO1. The molecule has 1 saturated heterocycles. The van der Waals surface area contributed by atoms with Gasteiger partial charge in [-0.2, -0.15) is 0 Å². The molecule has 0 aromatic heterocycles. The number of ether oxygens (including phenoxy) is 2. The molecular formula is C16H20N2O3. The van der Waals surface area contributed by atoms with Gasteiger partial charge < -0.3 is 20.5 Å². The summed E-state index contributed by atoms with van der Waals surface area (Å²) in [6, 6.07) is 5.37. The van der Waals surface area contributed by atoms with Crippen LogP contribution in [0.1, 0.15) is 25.3 Å². The molecule has 1 fully saturated rings. The Bertz CT molecular complexity index is 581. The van der Waals surface area contributed by atoms with Crippen LogP contribution < -0.4 is 15.8 Å². The fourth-order valence-corrected chi connectivity index (χ4v) is 2.25. The highest BCUT2D eigenvalue weighted by Gasteiger charge is 2.38. The Labute approximate surface area is 124 Å². The summed E-state index contributed by atoms with van der Waals surface area (Å²) in [7, 11) is 1.56. The summed E-state index contributed by atoms with van der Waals surface area (Å²) in [5, 5.41) is 2.87. The summed E-state index contributed by atoms with van der Waals surface area (Å²) in [5.74, 6) is 6.14. The van der Waals surface area contributed by atoms with Gasteiger partial charge in [-0.25, -0.2) is 0 Å². The van der Waals surface area contributed by atoms with E-state index in [1.165, 1.54) is 0 Å². The largest absolute Gasteiger partial charge is 0.495 e. The van der Waals surface area contributed by atoms with Crippen molar-refractivity contribution in [3.8, 4) is 17.6 Å². The average molecular weight is 288 g/mol. The van der Waals surface area contributed by atoms with Gasteiger partial charge in [0.15, 0.2) is 0 Å². The van der Waals surface area contributed by atoms with Gasteiger partial charge in [0.25, 0.3) is 5.91 Å². The molecule has 112 valence electrons. The molecule has 3 N–H and O–H groups in total. The predicted molar refractivity (Wildman–Crippen MR) is 81.1 cm³/mol. The highest BCUT2D eigenvalue weighted by molar-refractivity contribution is 5.98. The molecule has 0 saturated carbocycles. The lowest BCUT2D eigenvalue weighted by atomic mass is 10.0. The summed E-state index contributed by atoms with van der Waals surface area (Å²) < 4.78 is 10.8. The minimum atomic E-state index is -0.774. The number of hydrogen-bond acceptors (Lipinski definition) is 4. The van der Waals surface area contributed by atoms with Crippen molar-refractivity contribution in [1.82, 2.24) is 0 Å². The summed E-state index contributed by atoms with van der Waals surface area (Å²) in [5.41, 5.74) is 5.95. The van der Waals surface area contributed by atoms with Crippen molar-refractivity contribution in [3.63, 3.8) is 0 Å². The first-order valence-electron chi connectivity index (χ1n) is 6.91. The number of methoxy groups -OCH3 is 1. The molecule has 0 radical (unpaired) electrons. The maximum atomic E-state index is 12.4. The maximum Gasteiger partial charge on any atom is 0.256 e. The Hall–Kier alpha value is -2.03. The molecule has 0 spiro atoms. The van der Waals surface area contributed by atoms with E-state index in [9.17, 15) is 4.79 Å². The normalized spacial score (nSPS) is 20.5. The zero-order chi connectivity index (χ0) is 15.3. The highest BCUT2D eigenvalue weighted by atomic mass is 16.5. The molecule has 1 aliphatic rings. The Morgan fingerprint density at radius 3 is 3.00 bits per heavy atom. The minimum Gasteiger partial charge on any atom is -0.495 e. The predicted octanol–water partition coefficient (Wildman–Crippen LogP) is 1.51. The smallest absolute Gasteiger partial charge is 0.256 e. The molecule has 0 aliphatic carbocycles. The lowest BCUT2D eigenvalue weighted by Crippen LogP contribution is -2.39. The van der Waals surface area contributed by atoms with E-state index in [-0.39, 0.29) is 5.91 Å². The minimum absolute atomic E-state index is 0.165. The van der Waals surface area contributed by atoms with Crippen LogP contribution in [0, 0.1) is 11.8 Å². The molecule has 1 heterocycles. The molecule has 1 atom stereocenters. The summed E-state index contributed by atoms with van der Waals surface area (Å²) in [6.45, 7) is 2.71. The third-order valence-corrected chi connectivity index (χ3v) is 3.48. The molecule has 0 bridgehead atoms. The zero-order valence-corrected chi connectivity index (χ0v) is 12.4. The standard InChI is InChI=1S/C16H20N2O3/c1-16(8-4-10-21-16)15(19)18-13-11-12(5-3-9-17)6-7-14(13)20-2/h6-7,11H,4,8-10,17H2,1-2H3,(H,18,19). The molecule has 1 amide bonds. The van der Waals surface area contributed by atoms with E-state index in [0.717, 1.165) is 12.0 Å². The first kappa shape index (κ1) is 15.4. The second kappa shape index (κ2) is 6.61. The third kappa shape index (κ3) is 3.54. The van der Waals surface area contributed by atoms with Crippen LogP contribution in [0.5, 0.6) is 5.75 Å². The van der Waals surface area contributed by atoms with Crippen molar-refractivity contribution >= 4 is 11.6 Å². The van der Waals surface area contributed by atoms with Gasteiger partial charge in [0.05, 0.1) is 19.3 Å². The number of rotatable bonds is 3. The maximum absolute atomic E-state index is 12.4. The van der Waals surface area contributed by atoms with E-state index >= 15 is 0 Å². The Morgan fingerprint density at radius 2 is 2.38 bits per heavy atom. The lowest BCUT2D eigenvalue weighted by molar-refractivity contribution is -0.133. The second-order valence-electron chi connectivity index (χ2n) is 5.06. The van der Waals surface area contributed by atoms with Gasteiger partial charge in [-0.3, -0.25) is 4.79 Å². The van der Waals surface area contributed by atoms with Crippen LogP contribution in [0.4, 0.5) is 5.69 Å². The van der Waals surface area contributed by atoms with Crippen molar-refractivity contribution in [2.45, 2.75) is 25.4 Å². The van der Waals surface area contributed by atoms with Crippen molar-refractivity contribution in [3.05, 3.63) is 23.8 Å². The van der Waals surface area contributed by atoms with Crippen molar-refractivity contribution in [2.75, 3.05) is 25.6 Å². The second-order valence-corrected chi connectivity index (χ2v) is 5.06. The number of carbonyl (C=O) groups is 1. The van der Waals surface area contributed by atoms with Crippen LogP contribution in [-0.4, -0.2) is 31.8 Å². The molecule has 5 nitrogen and oxygen atoms in total. The van der Waals surface area contributed by atoms with Gasteiger partial charge in [-0.15, -0.1) is 0 Å². The van der Waals surface area contributed by atoms with E-state index in [1.807, 2.05) is 6.07 Å². The number of nitrogens with two attached hydrogens (primary N) is 1. The molecule has 1 aromatic rings. The first-order valence-corrected chi connectivity index (χ1v) is 6.91. The number of nitrogens with one attached hydrogen (secondary N) is 1. The van der Waals surface area contributed by atoms with Gasteiger partial charge in [-0.1, -0.05) is 11.8 Å². The van der Waals surface area contributed by atoms with Gasteiger partial charge >= 0.3 is 0 Å². The van der Waals surface area contributed by atoms with Crippen LogP contribution in [0.25, 0.3) is 0 Å². The average Bonchev–Trinajstić information content (AvgIpc) is 2.93. The Kier molecular flexibility index (Phi) is 4.84. The number of anilines is 1. The van der Waals surface area contributed by atoms with Crippen molar-refractivity contribution in [2.24, 2.45) is 5.73 Å². The van der Waals surface area contributed by atoms with E-state index in [2.05, 4.69) is 17.2 Å². The summed E-state index contributed by atoms with van der Waals surface area (Å²) >= 11 is 0. The molecular weight excluding hydrogens is 268 g/mol. The topological polar surface area (TPSA) is 73.6 Å². The van der Waals surface area contributed by atoms with Crippen LogP contribution >= 0.6 is 0 Å². The van der Waals surface area contributed by atoms with Gasteiger partial charge in [0.1, 0.15) is 11.4 Å². The lowest BCUT2D eigenvalue weighted by Gasteiger charge is -2.22. The fourth-order valence-electron chi connectivity index (χ4n) is 2.25. The van der Waals surface area contributed by atoms with Gasteiger partial charge in [-0.05, 0) is 38.0 Å². The zero-order valence-electron chi connectivity index (χ0n) is 12.4. The van der Waals surface area contributed by atoms with E-state index < -0.39 is 5.60 Å².